The summed E-state index contributed by atoms with van der Waals surface area (Å²) in [7, 11) is -4.01. The minimum absolute atomic E-state index is 0.0661. The summed E-state index contributed by atoms with van der Waals surface area (Å²) in [5.41, 5.74) is 0.689. The maximum Gasteiger partial charge on any atom is 0.266 e. The molecule has 0 aliphatic heterocycles. The number of sulfonamides is 1. The van der Waals surface area contributed by atoms with Crippen molar-refractivity contribution in [3.8, 4) is 0 Å². The fourth-order valence-electron chi connectivity index (χ4n) is 3.08. The van der Waals surface area contributed by atoms with E-state index in [2.05, 4.69) is 10.3 Å². The normalized spacial score (nSPS) is 12.3. The number of hydrogen-bond acceptors (Lipinski definition) is 6. The Kier molecular flexibility index (Phi) is 6.63. The van der Waals surface area contributed by atoms with Gasteiger partial charge in [0, 0.05) is 16.5 Å². The zero-order valence-electron chi connectivity index (χ0n) is 16.6. The summed E-state index contributed by atoms with van der Waals surface area (Å²) in [6.07, 6.45) is 1.48. The van der Waals surface area contributed by atoms with Gasteiger partial charge >= 0.3 is 0 Å². The van der Waals surface area contributed by atoms with Crippen LogP contribution in [0.15, 0.2) is 88.6 Å². The Morgan fingerprint density at radius 1 is 1.00 bits per heavy atom. The highest BCUT2D eigenvalue weighted by Crippen LogP contribution is 2.28. The van der Waals surface area contributed by atoms with Gasteiger partial charge in [-0.05, 0) is 41.3 Å². The Hall–Kier alpha value is -3.08. The van der Waals surface area contributed by atoms with Crippen molar-refractivity contribution in [2.24, 2.45) is 0 Å². The maximum absolute atomic E-state index is 13.4. The van der Waals surface area contributed by atoms with Crippen molar-refractivity contribution in [3.63, 3.8) is 0 Å². The van der Waals surface area contributed by atoms with Crippen molar-refractivity contribution in [3.05, 3.63) is 99.9 Å². The molecule has 0 bridgehead atoms. The van der Waals surface area contributed by atoms with Crippen LogP contribution < -0.4 is 9.62 Å². The van der Waals surface area contributed by atoms with Crippen molar-refractivity contribution in [2.45, 2.75) is 10.9 Å². The molecule has 1 amide bonds. The number of thiophene rings is 1. The summed E-state index contributed by atoms with van der Waals surface area (Å²) in [6, 6.07) is 16.9. The van der Waals surface area contributed by atoms with Crippen LogP contribution in [0, 0.1) is 5.82 Å². The van der Waals surface area contributed by atoms with E-state index in [1.54, 1.807) is 35.7 Å². The minimum atomic E-state index is -4.01. The average Bonchev–Trinajstić information content (AvgIpc) is 3.51. The Labute approximate surface area is 193 Å². The lowest BCUT2D eigenvalue weighted by atomic mass is 10.1. The van der Waals surface area contributed by atoms with Crippen LogP contribution in [0.5, 0.6) is 0 Å². The number of amides is 1. The number of anilines is 1. The number of thiazole rings is 1. The first-order chi connectivity index (χ1) is 15.4. The van der Waals surface area contributed by atoms with E-state index in [4.69, 9.17) is 0 Å². The molecule has 4 rings (SSSR count). The van der Waals surface area contributed by atoms with Crippen LogP contribution in [0.4, 0.5) is 9.52 Å². The molecule has 0 spiro atoms. The van der Waals surface area contributed by atoms with Crippen LogP contribution in [-0.4, -0.2) is 25.9 Å². The van der Waals surface area contributed by atoms with E-state index in [0.717, 1.165) is 20.5 Å². The summed E-state index contributed by atoms with van der Waals surface area (Å²) in [6.45, 7) is -0.451. The van der Waals surface area contributed by atoms with E-state index in [-0.39, 0.29) is 15.8 Å². The van der Waals surface area contributed by atoms with Crippen molar-refractivity contribution in [1.29, 1.82) is 0 Å². The molecule has 0 radical (unpaired) electrons. The first kappa shape index (κ1) is 22.1. The molecule has 1 atom stereocenters. The molecule has 2 aromatic heterocycles. The molecule has 6 nitrogen and oxygen atoms in total. The molecule has 2 aromatic carbocycles. The van der Waals surface area contributed by atoms with Gasteiger partial charge in [0.25, 0.3) is 10.0 Å². The first-order valence-corrected chi connectivity index (χ1v) is 12.7. The molecule has 0 unspecified atom stereocenters. The largest absolute Gasteiger partial charge is 0.343 e. The number of carbonyl (C=O) groups excluding carboxylic acids is 1. The van der Waals surface area contributed by atoms with Gasteiger partial charge in [-0.15, -0.1) is 22.7 Å². The van der Waals surface area contributed by atoms with E-state index in [9.17, 15) is 17.6 Å². The van der Waals surface area contributed by atoms with Crippen molar-refractivity contribution >= 4 is 43.7 Å². The molecule has 32 heavy (non-hydrogen) atoms. The maximum atomic E-state index is 13.4. The van der Waals surface area contributed by atoms with Crippen LogP contribution in [0.1, 0.15) is 16.5 Å². The van der Waals surface area contributed by atoms with E-state index < -0.39 is 28.5 Å². The van der Waals surface area contributed by atoms with Gasteiger partial charge in [-0.2, -0.15) is 0 Å². The van der Waals surface area contributed by atoms with Crippen LogP contribution >= 0.6 is 22.7 Å². The fourth-order valence-corrected chi connectivity index (χ4v) is 6.15. The zero-order chi connectivity index (χ0) is 22.6. The number of rotatable bonds is 8. The summed E-state index contributed by atoms with van der Waals surface area (Å²) >= 11 is 2.57. The van der Waals surface area contributed by atoms with Gasteiger partial charge in [0.05, 0.1) is 10.9 Å². The molecule has 4 aromatic rings. The van der Waals surface area contributed by atoms with Gasteiger partial charge in [0.1, 0.15) is 12.4 Å². The average molecular weight is 488 g/mol. The van der Waals surface area contributed by atoms with Gasteiger partial charge in [-0.3, -0.25) is 4.79 Å². The second-order valence-electron chi connectivity index (χ2n) is 6.71. The summed E-state index contributed by atoms with van der Waals surface area (Å²) < 4.78 is 40.9. The van der Waals surface area contributed by atoms with Crippen molar-refractivity contribution in [1.82, 2.24) is 10.3 Å². The Balaban J connectivity index is 1.62. The van der Waals surface area contributed by atoms with Crippen molar-refractivity contribution in [2.75, 3.05) is 10.8 Å². The standard InChI is InChI=1S/C22H18FN3O3S3/c23-17-10-8-16(9-11-17)21(19-7-4-13-30-19)25-20(27)15-26(22-24-12-14-31-22)32(28,29)18-5-2-1-3-6-18/h1-14,21H,15H2,(H,25,27)/t21-/m1/s1. The smallest absolute Gasteiger partial charge is 0.266 e. The summed E-state index contributed by atoms with van der Waals surface area (Å²) in [5.74, 6) is -0.892. The van der Waals surface area contributed by atoms with E-state index in [0.29, 0.717) is 5.56 Å². The lowest BCUT2D eigenvalue weighted by Crippen LogP contribution is -2.42. The number of aromatic nitrogens is 1. The quantitative estimate of drug-likeness (QED) is 0.398. The summed E-state index contributed by atoms with van der Waals surface area (Å²) in [5, 5.41) is 6.61. The number of carbonyl (C=O) groups is 1. The van der Waals surface area contributed by atoms with Crippen LogP contribution in [-0.2, 0) is 14.8 Å². The number of hydrogen-bond donors (Lipinski definition) is 1. The zero-order valence-corrected chi connectivity index (χ0v) is 19.0. The molecular weight excluding hydrogens is 469 g/mol. The summed E-state index contributed by atoms with van der Waals surface area (Å²) in [4.78, 5) is 18.1. The number of halogens is 1. The first-order valence-electron chi connectivity index (χ1n) is 9.50. The molecule has 0 saturated heterocycles. The Morgan fingerprint density at radius 3 is 2.38 bits per heavy atom. The van der Waals surface area contributed by atoms with E-state index in [1.807, 2.05) is 17.5 Å². The molecule has 2 heterocycles. The third kappa shape index (κ3) is 4.87. The van der Waals surface area contributed by atoms with Crippen LogP contribution in [0.2, 0.25) is 0 Å². The van der Waals surface area contributed by atoms with Gasteiger partial charge in [-0.25, -0.2) is 22.1 Å². The molecule has 164 valence electrons. The topological polar surface area (TPSA) is 79.4 Å². The number of benzene rings is 2. The third-order valence-electron chi connectivity index (χ3n) is 4.59. The van der Waals surface area contributed by atoms with Gasteiger partial charge in [0.15, 0.2) is 5.13 Å². The highest BCUT2D eigenvalue weighted by molar-refractivity contribution is 7.93. The fraction of sp³-hybridized carbons (Fsp3) is 0.0909. The molecular formula is C22H18FN3O3S3. The highest BCUT2D eigenvalue weighted by Gasteiger charge is 2.30. The van der Waals surface area contributed by atoms with E-state index >= 15 is 0 Å². The molecule has 0 fully saturated rings. The van der Waals surface area contributed by atoms with Gasteiger partial charge in [0.2, 0.25) is 5.91 Å². The lowest BCUT2D eigenvalue weighted by Gasteiger charge is -2.23. The van der Waals surface area contributed by atoms with Gasteiger partial charge in [-0.1, -0.05) is 36.4 Å². The Bertz CT molecular complexity index is 1260. The second kappa shape index (κ2) is 9.60. The molecule has 0 aliphatic rings. The SMILES string of the molecule is O=C(CN(c1nccs1)S(=O)(=O)c1ccccc1)N[C@H](c1ccc(F)cc1)c1cccs1. The molecule has 1 N–H and O–H groups in total. The Morgan fingerprint density at radius 2 is 1.75 bits per heavy atom. The predicted molar refractivity (Wildman–Crippen MR) is 124 cm³/mol. The second-order valence-corrected chi connectivity index (χ2v) is 10.4. The van der Waals surface area contributed by atoms with Crippen LogP contribution in [0.3, 0.4) is 0 Å². The molecule has 0 saturated carbocycles. The molecule has 0 aliphatic carbocycles. The van der Waals surface area contributed by atoms with E-state index in [1.165, 1.54) is 41.8 Å². The monoisotopic (exact) mass is 487 g/mol. The lowest BCUT2D eigenvalue weighted by molar-refractivity contribution is -0.120. The van der Waals surface area contributed by atoms with Crippen LogP contribution in [0.25, 0.3) is 0 Å². The minimum Gasteiger partial charge on any atom is -0.343 e. The highest BCUT2D eigenvalue weighted by atomic mass is 32.2. The number of nitrogens with zero attached hydrogens (tertiary/aromatic N) is 2. The number of nitrogens with one attached hydrogen (secondary N) is 1. The van der Waals surface area contributed by atoms with Gasteiger partial charge < -0.3 is 5.32 Å². The molecule has 10 heteroatoms. The predicted octanol–water partition coefficient (Wildman–Crippen LogP) is 4.44. The third-order valence-corrected chi connectivity index (χ3v) is 8.18. The van der Waals surface area contributed by atoms with Crippen molar-refractivity contribution < 1.29 is 17.6 Å².